The van der Waals surface area contributed by atoms with Crippen LogP contribution in [0.3, 0.4) is 0 Å². The molecule has 1 aromatic rings. The van der Waals surface area contributed by atoms with Gasteiger partial charge in [0, 0.05) is 4.90 Å². The van der Waals surface area contributed by atoms with Crippen LogP contribution in [0.1, 0.15) is 0 Å². The number of rotatable bonds is 6. The Kier molecular flexibility index (Phi) is 9.08. The number of nitrogens with one attached hydrogen (secondary N) is 2. The molecule has 0 fully saturated rings. The third kappa shape index (κ3) is 6.42. The van der Waals surface area contributed by atoms with Gasteiger partial charge in [-0.2, -0.15) is 0 Å². The molecular weight excluding hydrogens is 317 g/mol. The van der Waals surface area contributed by atoms with Crippen LogP contribution in [0.5, 0.6) is 0 Å². The molecule has 108 valence electrons. The van der Waals surface area contributed by atoms with E-state index in [-0.39, 0.29) is 30.6 Å². The van der Waals surface area contributed by atoms with Crippen LogP contribution < -0.4 is 10.6 Å². The lowest BCUT2D eigenvalue weighted by atomic mass is 10.3. The van der Waals surface area contributed by atoms with Crippen LogP contribution >= 0.6 is 35.8 Å². The maximum Gasteiger partial charge on any atom is 0.247 e. The summed E-state index contributed by atoms with van der Waals surface area (Å²) in [5.74, 6) is -0.614. The van der Waals surface area contributed by atoms with E-state index >= 15 is 0 Å². The van der Waals surface area contributed by atoms with Crippen LogP contribution in [-0.4, -0.2) is 31.7 Å². The van der Waals surface area contributed by atoms with E-state index in [1.54, 1.807) is 25.2 Å². The zero-order valence-corrected chi connectivity index (χ0v) is 12.5. The topological polar surface area (TPSA) is 41.1 Å². The molecule has 0 saturated carbocycles. The molecule has 0 bridgehead atoms. The number of thioether (sulfide) groups is 1. The molecule has 19 heavy (non-hydrogen) atoms. The lowest BCUT2D eigenvalue weighted by Gasteiger charge is -2.12. The maximum absolute atomic E-state index is 12.2. The molecule has 8 heteroatoms. The Bertz CT molecular complexity index is 422. The number of hydrogen-bond acceptors (Lipinski definition) is 3. The summed E-state index contributed by atoms with van der Waals surface area (Å²) in [5.41, 5.74) is 0.452. The highest BCUT2D eigenvalue weighted by atomic mass is 35.5. The molecule has 1 aromatic carbocycles. The number of likely N-dealkylation sites (N-methyl/N-ethyl adjacent to an activating group) is 1. The minimum absolute atomic E-state index is 0. The number of anilines is 1. The fourth-order valence-electron chi connectivity index (χ4n) is 1.26. The Labute approximate surface area is 125 Å². The number of carbonyl (C=O) groups is 1. The second-order valence-electron chi connectivity index (χ2n) is 3.40. The highest BCUT2D eigenvalue weighted by Gasteiger charge is 2.12. The second-order valence-corrected chi connectivity index (χ2v) is 4.83. The van der Waals surface area contributed by atoms with Gasteiger partial charge in [0.15, 0.2) is 0 Å². The van der Waals surface area contributed by atoms with E-state index in [2.05, 4.69) is 10.6 Å². The molecule has 1 rings (SSSR count). The van der Waals surface area contributed by atoms with E-state index in [1.165, 1.54) is 0 Å². The lowest BCUT2D eigenvalue weighted by molar-refractivity contribution is -0.115. The number of carbonyl (C=O) groups excluding carboxylic acids is 1. The lowest BCUT2D eigenvalue weighted by Crippen LogP contribution is -2.25. The van der Waals surface area contributed by atoms with Crippen LogP contribution in [0.15, 0.2) is 23.1 Å². The first-order chi connectivity index (χ1) is 8.54. The molecule has 0 spiro atoms. The zero-order chi connectivity index (χ0) is 13.5. The molecule has 0 radical (unpaired) electrons. The fraction of sp³-hybridized carbons (Fsp3) is 0.364. The van der Waals surface area contributed by atoms with Crippen LogP contribution in [-0.2, 0) is 4.79 Å². The predicted molar refractivity (Wildman–Crippen MR) is 78.0 cm³/mol. The quantitative estimate of drug-likeness (QED) is 0.786. The van der Waals surface area contributed by atoms with Crippen LogP contribution in [0.25, 0.3) is 0 Å². The first-order valence-electron chi connectivity index (χ1n) is 5.18. The van der Waals surface area contributed by atoms with Crippen molar-refractivity contribution in [3.8, 4) is 0 Å². The SMILES string of the molecule is CNCC(=O)Nc1cccc(Cl)c1SCC(F)F.Cl. The van der Waals surface area contributed by atoms with Gasteiger partial charge >= 0.3 is 0 Å². The average Bonchev–Trinajstić information content (AvgIpc) is 2.28. The van der Waals surface area contributed by atoms with Crippen LogP contribution in [0.2, 0.25) is 5.02 Å². The Balaban J connectivity index is 0.00000324. The molecule has 2 N–H and O–H groups in total. The highest BCUT2D eigenvalue weighted by Crippen LogP contribution is 2.34. The fourth-order valence-corrected chi connectivity index (χ4v) is 2.37. The van der Waals surface area contributed by atoms with Gasteiger partial charge < -0.3 is 10.6 Å². The van der Waals surface area contributed by atoms with E-state index < -0.39 is 6.43 Å². The summed E-state index contributed by atoms with van der Waals surface area (Å²) in [6.07, 6.45) is -2.42. The molecule has 0 aromatic heterocycles. The summed E-state index contributed by atoms with van der Waals surface area (Å²) in [4.78, 5) is 11.9. The van der Waals surface area contributed by atoms with Gasteiger partial charge in [-0.25, -0.2) is 8.78 Å². The molecule has 1 amide bonds. The van der Waals surface area contributed by atoms with E-state index in [4.69, 9.17) is 11.6 Å². The number of alkyl halides is 2. The Morgan fingerprint density at radius 3 is 2.74 bits per heavy atom. The summed E-state index contributed by atoms with van der Waals surface area (Å²) in [6, 6.07) is 4.89. The van der Waals surface area contributed by atoms with Crippen LogP contribution in [0, 0.1) is 0 Å². The van der Waals surface area contributed by atoms with Crippen molar-refractivity contribution in [1.29, 1.82) is 0 Å². The van der Waals surface area contributed by atoms with Gasteiger partial charge in [0.05, 0.1) is 23.0 Å². The third-order valence-electron chi connectivity index (χ3n) is 1.93. The Morgan fingerprint density at radius 1 is 1.47 bits per heavy atom. The van der Waals surface area contributed by atoms with Crippen LogP contribution in [0.4, 0.5) is 14.5 Å². The third-order valence-corrected chi connectivity index (χ3v) is 3.51. The largest absolute Gasteiger partial charge is 0.324 e. The van der Waals surface area contributed by atoms with Gasteiger partial charge in [0.2, 0.25) is 12.3 Å². The van der Waals surface area contributed by atoms with Crippen molar-refractivity contribution in [1.82, 2.24) is 5.32 Å². The number of amides is 1. The Morgan fingerprint density at radius 2 is 2.16 bits per heavy atom. The molecule has 0 heterocycles. The summed E-state index contributed by atoms with van der Waals surface area (Å²) in [5, 5.41) is 5.67. The first-order valence-corrected chi connectivity index (χ1v) is 6.55. The first kappa shape index (κ1) is 18.4. The van der Waals surface area contributed by atoms with Gasteiger partial charge in [0.1, 0.15) is 0 Å². The number of hydrogen-bond donors (Lipinski definition) is 2. The smallest absolute Gasteiger partial charge is 0.247 e. The monoisotopic (exact) mass is 330 g/mol. The molecule has 0 aliphatic heterocycles. The van der Waals surface area contributed by atoms with E-state index in [1.807, 2.05) is 0 Å². The highest BCUT2D eigenvalue weighted by molar-refractivity contribution is 7.99. The van der Waals surface area contributed by atoms with E-state index in [0.29, 0.717) is 15.6 Å². The summed E-state index contributed by atoms with van der Waals surface area (Å²) >= 11 is 6.87. The number of benzene rings is 1. The maximum atomic E-state index is 12.2. The van der Waals surface area contributed by atoms with E-state index in [9.17, 15) is 13.6 Å². The van der Waals surface area contributed by atoms with Crippen molar-refractivity contribution in [3.63, 3.8) is 0 Å². The summed E-state index contributed by atoms with van der Waals surface area (Å²) in [6.45, 7) is 0.144. The van der Waals surface area contributed by atoms with Gasteiger partial charge in [-0.3, -0.25) is 4.79 Å². The molecule has 0 unspecified atom stereocenters. The van der Waals surface area contributed by atoms with Crippen molar-refractivity contribution >= 4 is 47.4 Å². The van der Waals surface area contributed by atoms with Crippen molar-refractivity contribution in [2.45, 2.75) is 11.3 Å². The van der Waals surface area contributed by atoms with Crippen molar-refractivity contribution in [2.24, 2.45) is 0 Å². The normalized spacial score (nSPS) is 10.2. The van der Waals surface area contributed by atoms with Crippen molar-refractivity contribution in [2.75, 3.05) is 24.7 Å². The minimum Gasteiger partial charge on any atom is -0.324 e. The van der Waals surface area contributed by atoms with Crippen molar-refractivity contribution in [3.05, 3.63) is 23.2 Å². The van der Waals surface area contributed by atoms with Gasteiger partial charge in [0.25, 0.3) is 0 Å². The van der Waals surface area contributed by atoms with Gasteiger partial charge in [-0.15, -0.1) is 24.2 Å². The average molecular weight is 331 g/mol. The van der Waals surface area contributed by atoms with Gasteiger partial charge in [-0.05, 0) is 19.2 Å². The molecule has 0 saturated heterocycles. The minimum atomic E-state index is -2.42. The number of halogens is 4. The summed E-state index contributed by atoms with van der Waals surface area (Å²) in [7, 11) is 1.64. The predicted octanol–water partition coefficient (Wildman–Crippen LogP) is 3.28. The van der Waals surface area contributed by atoms with Crippen molar-refractivity contribution < 1.29 is 13.6 Å². The summed E-state index contributed by atoms with van der Waals surface area (Å²) < 4.78 is 24.4. The molecule has 0 atom stereocenters. The molecule has 3 nitrogen and oxygen atoms in total. The molecule has 0 aliphatic rings. The zero-order valence-electron chi connectivity index (χ0n) is 10.1. The Hall–Kier alpha value is -0.560. The second kappa shape index (κ2) is 9.36. The molecular formula is C11H14Cl2F2N2OS. The van der Waals surface area contributed by atoms with Gasteiger partial charge in [-0.1, -0.05) is 17.7 Å². The van der Waals surface area contributed by atoms with E-state index in [0.717, 1.165) is 11.8 Å². The molecule has 0 aliphatic carbocycles. The standard InChI is InChI=1S/C11H13ClF2N2OS.ClH/c1-15-5-10(17)16-8-4-2-3-7(12)11(8)18-6-9(13)14;/h2-4,9,15H,5-6H2,1H3,(H,16,17);1H.